The first-order valence-corrected chi connectivity index (χ1v) is 6.36. The van der Waals surface area contributed by atoms with Crippen molar-refractivity contribution in [3.05, 3.63) is 62.9 Å². The Hall–Kier alpha value is -2.18. The van der Waals surface area contributed by atoms with Gasteiger partial charge in [-0.05, 0) is 25.1 Å². The number of hydrogen-bond acceptors (Lipinski definition) is 4. The summed E-state index contributed by atoms with van der Waals surface area (Å²) < 4.78 is 19.2. The summed E-state index contributed by atoms with van der Waals surface area (Å²) in [5.41, 5.74) is -0.186. The monoisotopic (exact) mass is 311 g/mol. The summed E-state index contributed by atoms with van der Waals surface area (Å²) >= 11 is 5.91. The van der Waals surface area contributed by atoms with E-state index in [-0.39, 0.29) is 27.8 Å². The number of benzene rings is 2. The third kappa shape index (κ3) is 3.29. The summed E-state index contributed by atoms with van der Waals surface area (Å²) in [6.07, 6.45) is -1.07. The number of rotatable bonds is 4. The van der Waals surface area contributed by atoms with Gasteiger partial charge in [0.25, 0.3) is 5.69 Å². The van der Waals surface area contributed by atoms with Crippen molar-refractivity contribution in [2.75, 3.05) is 0 Å². The molecule has 21 heavy (non-hydrogen) atoms. The highest BCUT2D eigenvalue weighted by Gasteiger charge is 2.17. The summed E-state index contributed by atoms with van der Waals surface area (Å²) in [6, 6.07) is 7.78. The Balaban J connectivity index is 2.39. The second-order valence-electron chi connectivity index (χ2n) is 4.30. The first-order chi connectivity index (χ1) is 9.90. The lowest BCUT2D eigenvalue weighted by Gasteiger charge is -2.14. The Bertz CT molecular complexity index is 691. The normalized spacial score (nSPS) is 12.0. The van der Waals surface area contributed by atoms with E-state index in [0.717, 1.165) is 6.07 Å². The number of halogens is 2. The van der Waals surface area contributed by atoms with Gasteiger partial charge in [-0.3, -0.25) is 10.1 Å². The maximum atomic E-state index is 13.7. The van der Waals surface area contributed by atoms with Crippen molar-refractivity contribution in [2.24, 2.45) is 0 Å². The molecular weight excluding hydrogens is 301 g/mol. The van der Waals surface area contributed by atoms with E-state index in [2.05, 4.69) is 0 Å². The smallest absolute Gasteiger partial charge is 0.271 e. The molecule has 0 aliphatic rings. The Morgan fingerprint density at radius 2 is 2.05 bits per heavy atom. The molecule has 2 rings (SSSR count). The molecule has 0 amide bonds. The van der Waals surface area contributed by atoms with Crippen molar-refractivity contribution < 1.29 is 19.2 Å². The number of nitro groups is 1. The number of aliphatic hydroxyl groups is 1. The van der Waals surface area contributed by atoms with Crippen LogP contribution in [0.25, 0.3) is 0 Å². The first kappa shape index (κ1) is 15.2. The molecule has 0 saturated heterocycles. The zero-order valence-electron chi connectivity index (χ0n) is 10.9. The summed E-state index contributed by atoms with van der Waals surface area (Å²) in [4.78, 5) is 10.1. The predicted molar refractivity (Wildman–Crippen MR) is 75.2 cm³/mol. The van der Waals surface area contributed by atoms with Crippen LogP contribution >= 0.6 is 11.6 Å². The van der Waals surface area contributed by atoms with Crippen molar-refractivity contribution in [3.8, 4) is 11.5 Å². The third-order valence-electron chi connectivity index (χ3n) is 2.78. The van der Waals surface area contributed by atoms with Crippen molar-refractivity contribution in [2.45, 2.75) is 13.0 Å². The highest BCUT2D eigenvalue weighted by molar-refractivity contribution is 6.32. The average molecular weight is 312 g/mol. The molecule has 1 N–H and O–H groups in total. The Morgan fingerprint density at radius 3 is 2.62 bits per heavy atom. The molecule has 5 nitrogen and oxygen atoms in total. The zero-order chi connectivity index (χ0) is 15.6. The van der Waals surface area contributed by atoms with E-state index in [0.29, 0.717) is 0 Å². The highest BCUT2D eigenvalue weighted by atomic mass is 35.5. The predicted octanol–water partition coefficient (Wildman–Crippen LogP) is 4.23. The van der Waals surface area contributed by atoms with Crippen LogP contribution in [0, 0.1) is 15.9 Å². The molecule has 0 radical (unpaired) electrons. The van der Waals surface area contributed by atoms with Crippen molar-refractivity contribution in [3.63, 3.8) is 0 Å². The van der Waals surface area contributed by atoms with Gasteiger partial charge in [0.1, 0.15) is 17.3 Å². The van der Waals surface area contributed by atoms with Gasteiger partial charge in [0.2, 0.25) is 0 Å². The molecule has 1 atom stereocenters. The average Bonchev–Trinajstić information content (AvgIpc) is 2.40. The van der Waals surface area contributed by atoms with E-state index in [1.165, 1.54) is 37.3 Å². The molecule has 0 saturated carbocycles. The minimum Gasteiger partial charge on any atom is -0.455 e. The number of aliphatic hydroxyl groups excluding tert-OH is 1. The SMILES string of the molecule is C[C@H](O)c1c(F)cccc1Oc1ccc([N+](=O)[O-])cc1Cl. The van der Waals surface area contributed by atoms with Crippen LogP contribution in [0.15, 0.2) is 36.4 Å². The van der Waals surface area contributed by atoms with E-state index in [4.69, 9.17) is 16.3 Å². The third-order valence-corrected chi connectivity index (χ3v) is 3.07. The van der Waals surface area contributed by atoms with E-state index in [9.17, 15) is 19.6 Å². The summed E-state index contributed by atoms with van der Waals surface area (Å²) in [6.45, 7) is 1.41. The van der Waals surface area contributed by atoms with Crippen LogP contribution in [0.1, 0.15) is 18.6 Å². The van der Waals surface area contributed by atoms with Crippen LogP contribution in [-0.2, 0) is 0 Å². The molecule has 2 aromatic rings. The van der Waals surface area contributed by atoms with Crippen molar-refractivity contribution in [1.82, 2.24) is 0 Å². The van der Waals surface area contributed by atoms with Crippen LogP contribution in [-0.4, -0.2) is 10.0 Å². The second kappa shape index (κ2) is 6.07. The highest BCUT2D eigenvalue weighted by Crippen LogP contribution is 2.36. The van der Waals surface area contributed by atoms with Gasteiger partial charge >= 0.3 is 0 Å². The van der Waals surface area contributed by atoms with Crippen LogP contribution < -0.4 is 4.74 Å². The molecule has 0 unspecified atom stereocenters. The molecule has 0 aromatic heterocycles. The zero-order valence-corrected chi connectivity index (χ0v) is 11.7. The van der Waals surface area contributed by atoms with Gasteiger partial charge in [0.05, 0.1) is 21.6 Å². The van der Waals surface area contributed by atoms with E-state index >= 15 is 0 Å². The van der Waals surface area contributed by atoms with Gasteiger partial charge in [0, 0.05) is 12.1 Å². The topological polar surface area (TPSA) is 72.6 Å². The molecule has 0 aliphatic heterocycles. The lowest BCUT2D eigenvalue weighted by molar-refractivity contribution is -0.384. The minimum absolute atomic E-state index is 0.00748. The summed E-state index contributed by atoms with van der Waals surface area (Å²) in [5.74, 6) is -0.379. The first-order valence-electron chi connectivity index (χ1n) is 5.98. The fourth-order valence-corrected chi connectivity index (χ4v) is 2.03. The maximum absolute atomic E-state index is 13.7. The molecule has 0 heterocycles. The van der Waals surface area contributed by atoms with Gasteiger partial charge < -0.3 is 9.84 Å². The van der Waals surface area contributed by atoms with Gasteiger partial charge in [-0.1, -0.05) is 17.7 Å². The Morgan fingerprint density at radius 1 is 1.33 bits per heavy atom. The Kier molecular flexibility index (Phi) is 4.40. The van der Waals surface area contributed by atoms with Crippen molar-refractivity contribution >= 4 is 17.3 Å². The lowest BCUT2D eigenvalue weighted by Crippen LogP contribution is -2.00. The molecule has 0 bridgehead atoms. The van der Waals surface area contributed by atoms with Crippen LogP contribution in [0.3, 0.4) is 0 Å². The minimum atomic E-state index is -1.07. The van der Waals surface area contributed by atoms with E-state index < -0.39 is 16.8 Å². The summed E-state index contributed by atoms with van der Waals surface area (Å²) in [5, 5.41) is 20.3. The molecule has 0 fully saturated rings. The Labute approximate surface area is 124 Å². The van der Waals surface area contributed by atoms with Gasteiger partial charge in [-0.25, -0.2) is 4.39 Å². The largest absolute Gasteiger partial charge is 0.455 e. The fourth-order valence-electron chi connectivity index (χ4n) is 1.82. The number of nitrogens with zero attached hydrogens (tertiary/aromatic N) is 1. The second-order valence-corrected chi connectivity index (χ2v) is 4.71. The van der Waals surface area contributed by atoms with E-state index in [1.54, 1.807) is 0 Å². The maximum Gasteiger partial charge on any atom is 0.271 e. The van der Waals surface area contributed by atoms with Crippen LogP contribution in [0.2, 0.25) is 5.02 Å². The standard InChI is InChI=1S/C14H11ClFNO4/c1-8(18)14-11(16)3-2-4-13(14)21-12-6-5-9(17(19)20)7-10(12)15/h2-8,18H,1H3/t8-/m0/s1. The van der Waals surface area contributed by atoms with Crippen molar-refractivity contribution in [1.29, 1.82) is 0 Å². The van der Waals surface area contributed by atoms with Gasteiger partial charge in [-0.15, -0.1) is 0 Å². The van der Waals surface area contributed by atoms with Gasteiger partial charge in [-0.2, -0.15) is 0 Å². The molecule has 0 aliphatic carbocycles. The molecule has 110 valence electrons. The lowest BCUT2D eigenvalue weighted by atomic mass is 10.1. The van der Waals surface area contributed by atoms with Gasteiger partial charge in [0.15, 0.2) is 0 Å². The number of ether oxygens (including phenoxy) is 1. The molecule has 7 heteroatoms. The van der Waals surface area contributed by atoms with E-state index in [1.807, 2.05) is 0 Å². The van der Waals surface area contributed by atoms with Crippen LogP contribution in [0.4, 0.5) is 10.1 Å². The molecule has 2 aromatic carbocycles. The van der Waals surface area contributed by atoms with Crippen LogP contribution in [0.5, 0.6) is 11.5 Å². The number of hydrogen-bond donors (Lipinski definition) is 1. The summed E-state index contributed by atoms with van der Waals surface area (Å²) in [7, 11) is 0. The number of nitro benzene ring substituents is 1. The number of non-ortho nitro benzene ring substituents is 1. The fraction of sp³-hybridized carbons (Fsp3) is 0.143. The quantitative estimate of drug-likeness (QED) is 0.677. The molecular formula is C14H11ClFNO4. The molecule has 0 spiro atoms.